The zero-order chi connectivity index (χ0) is 9.84. The Bertz CT molecular complexity index is 276. The van der Waals surface area contributed by atoms with E-state index >= 15 is 0 Å². The molecule has 1 aromatic carbocycles. The van der Waals surface area contributed by atoms with Gasteiger partial charge in [0, 0.05) is 0 Å². The Morgan fingerprint density at radius 2 is 2.15 bits per heavy atom. The van der Waals surface area contributed by atoms with Crippen LogP contribution in [0.5, 0.6) is 5.75 Å². The minimum absolute atomic E-state index is 0.305. The topological polar surface area (TPSA) is 9.23 Å². The Hall–Kier alpha value is -0.570. The summed E-state index contributed by atoms with van der Waals surface area (Å²) in [4.78, 5) is 0. The lowest BCUT2D eigenvalue weighted by Crippen LogP contribution is -1.98. The molecule has 0 heterocycles. The maximum atomic E-state index is 13.3. The molecule has 0 fully saturated rings. The van der Waals surface area contributed by atoms with Crippen molar-refractivity contribution in [3.05, 3.63) is 28.0 Å². The molecule has 0 aliphatic heterocycles. The van der Waals surface area contributed by atoms with Crippen LogP contribution in [0.3, 0.4) is 0 Å². The summed E-state index contributed by atoms with van der Waals surface area (Å²) in [5.74, 6) is 0.00720. The number of benzene rings is 1. The average molecular weight is 247 g/mol. The van der Waals surface area contributed by atoms with Crippen LogP contribution in [0.1, 0.15) is 18.9 Å². The van der Waals surface area contributed by atoms with Crippen molar-refractivity contribution < 1.29 is 9.13 Å². The van der Waals surface area contributed by atoms with Gasteiger partial charge >= 0.3 is 0 Å². The summed E-state index contributed by atoms with van der Waals surface area (Å²) in [5, 5.41) is 0. The number of hydrogen-bond donors (Lipinski definition) is 0. The van der Waals surface area contributed by atoms with Crippen molar-refractivity contribution in [3.63, 3.8) is 0 Å². The molecule has 0 aliphatic rings. The summed E-state index contributed by atoms with van der Waals surface area (Å²) in [6.07, 6.45) is 0.875. The Labute approximate surface area is 86.0 Å². The van der Waals surface area contributed by atoms with E-state index in [4.69, 9.17) is 4.74 Å². The fraction of sp³-hybridized carbons (Fsp3) is 0.400. The lowest BCUT2D eigenvalue weighted by Gasteiger charge is -2.08. The SMILES string of the molecule is CCCOc1c(F)cc(C)cc1Br. The summed E-state index contributed by atoms with van der Waals surface area (Å²) in [6.45, 7) is 4.37. The van der Waals surface area contributed by atoms with Gasteiger partial charge in [0.1, 0.15) is 0 Å². The molecule has 0 radical (unpaired) electrons. The highest BCUT2D eigenvalue weighted by atomic mass is 79.9. The number of rotatable bonds is 3. The van der Waals surface area contributed by atoms with Crippen LogP contribution < -0.4 is 4.74 Å². The monoisotopic (exact) mass is 246 g/mol. The van der Waals surface area contributed by atoms with E-state index in [0.717, 1.165) is 12.0 Å². The van der Waals surface area contributed by atoms with E-state index in [1.165, 1.54) is 6.07 Å². The molecule has 0 saturated carbocycles. The minimum Gasteiger partial charge on any atom is -0.489 e. The van der Waals surface area contributed by atoms with E-state index in [1.807, 2.05) is 19.9 Å². The fourth-order valence-electron chi connectivity index (χ4n) is 1.03. The Morgan fingerprint density at radius 3 is 2.69 bits per heavy atom. The Balaban J connectivity index is 2.92. The Kier molecular flexibility index (Phi) is 3.72. The first-order chi connectivity index (χ1) is 6.15. The normalized spacial score (nSPS) is 10.2. The van der Waals surface area contributed by atoms with Crippen LogP contribution in [0.2, 0.25) is 0 Å². The highest BCUT2D eigenvalue weighted by molar-refractivity contribution is 9.10. The van der Waals surface area contributed by atoms with Gasteiger partial charge in [-0.25, -0.2) is 4.39 Å². The first kappa shape index (κ1) is 10.5. The van der Waals surface area contributed by atoms with Gasteiger partial charge in [-0.1, -0.05) is 6.92 Å². The minimum atomic E-state index is -0.305. The summed E-state index contributed by atoms with van der Waals surface area (Å²) < 4.78 is 19.2. The second kappa shape index (κ2) is 4.61. The quantitative estimate of drug-likeness (QED) is 0.791. The number of aryl methyl sites for hydroxylation is 1. The molecular formula is C10H12BrFO. The predicted molar refractivity (Wildman–Crippen MR) is 54.6 cm³/mol. The molecule has 0 bridgehead atoms. The summed E-state index contributed by atoms with van der Waals surface area (Å²) in [5.41, 5.74) is 0.883. The molecule has 1 nitrogen and oxygen atoms in total. The van der Waals surface area contributed by atoms with E-state index in [-0.39, 0.29) is 5.82 Å². The van der Waals surface area contributed by atoms with Crippen molar-refractivity contribution in [2.24, 2.45) is 0 Å². The standard InChI is InChI=1S/C10H12BrFO/c1-3-4-13-10-8(11)5-7(2)6-9(10)12/h5-6H,3-4H2,1-2H3. The lowest BCUT2D eigenvalue weighted by molar-refractivity contribution is 0.299. The van der Waals surface area contributed by atoms with Gasteiger partial charge in [0.2, 0.25) is 0 Å². The average Bonchev–Trinajstić information content (AvgIpc) is 2.02. The molecule has 0 N–H and O–H groups in total. The second-order valence-corrected chi connectivity index (χ2v) is 3.76. The molecular weight excluding hydrogens is 235 g/mol. The number of ether oxygens (including phenoxy) is 1. The predicted octanol–water partition coefficient (Wildman–Crippen LogP) is 3.69. The van der Waals surface area contributed by atoms with Crippen LogP contribution in [0.25, 0.3) is 0 Å². The smallest absolute Gasteiger partial charge is 0.169 e. The van der Waals surface area contributed by atoms with Crippen LogP contribution in [0.15, 0.2) is 16.6 Å². The van der Waals surface area contributed by atoms with Gasteiger partial charge in [-0.05, 0) is 47.0 Å². The van der Waals surface area contributed by atoms with E-state index in [2.05, 4.69) is 15.9 Å². The lowest BCUT2D eigenvalue weighted by atomic mass is 10.2. The van der Waals surface area contributed by atoms with Crippen molar-refractivity contribution in [2.75, 3.05) is 6.61 Å². The highest BCUT2D eigenvalue weighted by Gasteiger charge is 2.08. The number of hydrogen-bond acceptors (Lipinski definition) is 1. The third-order valence-electron chi connectivity index (χ3n) is 1.59. The van der Waals surface area contributed by atoms with Crippen LogP contribution >= 0.6 is 15.9 Å². The van der Waals surface area contributed by atoms with Gasteiger partial charge in [0.25, 0.3) is 0 Å². The Morgan fingerprint density at radius 1 is 1.46 bits per heavy atom. The maximum absolute atomic E-state index is 13.3. The molecule has 3 heteroatoms. The summed E-state index contributed by atoms with van der Waals surface area (Å²) in [6, 6.07) is 3.31. The molecule has 0 saturated heterocycles. The van der Waals surface area contributed by atoms with Gasteiger partial charge < -0.3 is 4.74 Å². The fourth-order valence-corrected chi connectivity index (χ4v) is 1.69. The molecule has 0 unspecified atom stereocenters. The molecule has 0 spiro atoms. The van der Waals surface area contributed by atoms with Gasteiger partial charge in [0.15, 0.2) is 11.6 Å². The molecule has 0 amide bonds. The zero-order valence-corrected chi connectivity index (χ0v) is 9.32. The third kappa shape index (κ3) is 2.69. The molecule has 0 aliphatic carbocycles. The van der Waals surface area contributed by atoms with Crippen LogP contribution in [0.4, 0.5) is 4.39 Å². The van der Waals surface area contributed by atoms with Crippen molar-refractivity contribution in [1.29, 1.82) is 0 Å². The van der Waals surface area contributed by atoms with Crippen LogP contribution in [-0.2, 0) is 0 Å². The van der Waals surface area contributed by atoms with Crippen molar-refractivity contribution in [1.82, 2.24) is 0 Å². The van der Waals surface area contributed by atoms with Gasteiger partial charge in [0.05, 0.1) is 11.1 Å². The van der Waals surface area contributed by atoms with E-state index < -0.39 is 0 Å². The second-order valence-electron chi connectivity index (χ2n) is 2.91. The molecule has 72 valence electrons. The number of halogens is 2. The molecule has 0 aromatic heterocycles. The van der Waals surface area contributed by atoms with Gasteiger partial charge in [-0.2, -0.15) is 0 Å². The largest absolute Gasteiger partial charge is 0.489 e. The summed E-state index contributed by atoms with van der Waals surface area (Å²) >= 11 is 3.26. The molecule has 13 heavy (non-hydrogen) atoms. The maximum Gasteiger partial charge on any atom is 0.169 e. The highest BCUT2D eigenvalue weighted by Crippen LogP contribution is 2.29. The van der Waals surface area contributed by atoms with Crippen LogP contribution in [-0.4, -0.2) is 6.61 Å². The van der Waals surface area contributed by atoms with Crippen LogP contribution in [0, 0.1) is 12.7 Å². The van der Waals surface area contributed by atoms with Crippen molar-refractivity contribution in [2.45, 2.75) is 20.3 Å². The first-order valence-corrected chi connectivity index (χ1v) is 5.03. The van der Waals surface area contributed by atoms with Gasteiger partial charge in [-0.3, -0.25) is 0 Å². The molecule has 1 aromatic rings. The van der Waals surface area contributed by atoms with E-state index in [9.17, 15) is 4.39 Å². The van der Waals surface area contributed by atoms with Crippen molar-refractivity contribution >= 4 is 15.9 Å². The third-order valence-corrected chi connectivity index (χ3v) is 2.18. The first-order valence-electron chi connectivity index (χ1n) is 4.23. The molecule has 0 atom stereocenters. The van der Waals surface area contributed by atoms with E-state index in [1.54, 1.807) is 0 Å². The zero-order valence-electron chi connectivity index (χ0n) is 7.73. The van der Waals surface area contributed by atoms with Crippen molar-refractivity contribution in [3.8, 4) is 5.75 Å². The summed E-state index contributed by atoms with van der Waals surface area (Å²) in [7, 11) is 0. The van der Waals surface area contributed by atoms with Gasteiger partial charge in [-0.15, -0.1) is 0 Å². The van der Waals surface area contributed by atoms with E-state index in [0.29, 0.717) is 16.8 Å². The molecule has 1 rings (SSSR count).